The van der Waals surface area contributed by atoms with Gasteiger partial charge in [-0.05, 0) is 37.5 Å². The van der Waals surface area contributed by atoms with Gasteiger partial charge in [0.1, 0.15) is 0 Å². The SMILES string of the molecule is O=C1ON=C(C(F)(F)C(F)(F)F)C1=Cc1ccc(N2CCCCC2)s1. The van der Waals surface area contributed by atoms with Crippen LogP contribution in [0.3, 0.4) is 0 Å². The number of rotatable bonds is 3. The van der Waals surface area contributed by atoms with Crippen molar-refractivity contribution in [2.24, 2.45) is 5.16 Å². The number of hydrogen-bond acceptors (Lipinski definition) is 5. The fourth-order valence-electron chi connectivity index (χ4n) is 2.62. The van der Waals surface area contributed by atoms with E-state index in [1.54, 1.807) is 12.1 Å². The maximum absolute atomic E-state index is 13.5. The van der Waals surface area contributed by atoms with Crippen molar-refractivity contribution in [1.82, 2.24) is 0 Å². The first-order valence-corrected chi connectivity index (χ1v) is 8.33. The summed E-state index contributed by atoms with van der Waals surface area (Å²) in [7, 11) is 0. The number of thiophene rings is 1. The summed E-state index contributed by atoms with van der Waals surface area (Å²) in [6.07, 6.45) is -1.69. The Hall–Kier alpha value is -1.97. The number of nitrogens with zero attached hydrogens (tertiary/aromatic N) is 2. The second-order valence-electron chi connectivity index (χ2n) is 5.67. The van der Waals surface area contributed by atoms with Gasteiger partial charge in [0.2, 0.25) is 0 Å². The quantitative estimate of drug-likeness (QED) is 0.448. The van der Waals surface area contributed by atoms with Crippen LogP contribution in [-0.2, 0) is 9.63 Å². The maximum atomic E-state index is 13.5. The number of hydrogen-bond donors (Lipinski definition) is 0. The molecule has 0 amide bonds. The van der Waals surface area contributed by atoms with E-state index in [1.807, 2.05) is 0 Å². The Labute approximate surface area is 143 Å². The molecule has 10 heteroatoms. The molecule has 0 aliphatic carbocycles. The number of anilines is 1. The first-order chi connectivity index (χ1) is 11.7. The zero-order chi connectivity index (χ0) is 18.2. The molecular formula is C15H13F5N2O2S. The highest BCUT2D eigenvalue weighted by Gasteiger charge is 2.64. The van der Waals surface area contributed by atoms with Gasteiger partial charge in [-0.1, -0.05) is 5.16 Å². The van der Waals surface area contributed by atoms with E-state index in [1.165, 1.54) is 11.3 Å². The summed E-state index contributed by atoms with van der Waals surface area (Å²) in [6.45, 7) is 1.72. The van der Waals surface area contributed by atoms with Crippen LogP contribution in [0.15, 0.2) is 22.9 Å². The molecule has 1 aromatic rings. The molecule has 4 nitrogen and oxygen atoms in total. The van der Waals surface area contributed by atoms with Crippen LogP contribution in [0, 0.1) is 0 Å². The number of oxime groups is 1. The summed E-state index contributed by atoms with van der Waals surface area (Å²) in [5.41, 5.74) is -2.59. The normalized spacial score (nSPS) is 20.8. The molecular weight excluding hydrogens is 367 g/mol. The number of halogens is 5. The van der Waals surface area contributed by atoms with Gasteiger partial charge < -0.3 is 9.74 Å². The average molecular weight is 380 g/mol. The Bertz CT molecular complexity index is 733. The van der Waals surface area contributed by atoms with Crippen LogP contribution in [-0.4, -0.2) is 36.9 Å². The van der Waals surface area contributed by atoms with Gasteiger partial charge >= 0.3 is 18.1 Å². The van der Waals surface area contributed by atoms with E-state index in [0.717, 1.165) is 43.4 Å². The largest absolute Gasteiger partial charge is 0.459 e. The highest BCUT2D eigenvalue weighted by atomic mass is 32.1. The molecule has 1 fully saturated rings. The van der Waals surface area contributed by atoms with E-state index >= 15 is 0 Å². The monoisotopic (exact) mass is 380 g/mol. The van der Waals surface area contributed by atoms with Crippen molar-refractivity contribution in [3.8, 4) is 0 Å². The van der Waals surface area contributed by atoms with E-state index in [4.69, 9.17) is 0 Å². The molecule has 1 saturated heterocycles. The second kappa shape index (κ2) is 6.40. The average Bonchev–Trinajstić information content (AvgIpc) is 3.16. The molecule has 0 atom stereocenters. The van der Waals surface area contributed by atoms with Crippen LogP contribution in [0.25, 0.3) is 6.08 Å². The Morgan fingerprint density at radius 3 is 2.44 bits per heavy atom. The third-order valence-corrected chi connectivity index (χ3v) is 5.01. The minimum absolute atomic E-state index is 0.375. The van der Waals surface area contributed by atoms with Crippen LogP contribution >= 0.6 is 11.3 Å². The Morgan fingerprint density at radius 2 is 1.80 bits per heavy atom. The third-order valence-electron chi connectivity index (χ3n) is 3.92. The molecule has 3 rings (SSSR count). The minimum Gasteiger partial charge on any atom is -0.363 e. The molecule has 1 aromatic heterocycles. The van der Waals surface area contributed by atoms with Crippen LogP contribution < -0.4 is 4.90 Å². The van der Waals surface area contributed by atoms with Crippen molar-refractivity contribution in [3.63, 3.8) is 0 Å². The topological polar surface area (TPSA) is 41.9 Å². The predicted octanol–water partition coefficient (Wildman–Crippen LogP) is 4.23. The van der Waals surface area contributed by atoms with E-state index < -0.39 is 29.4 Å². The lowest BCUT2D eigenvalue weighted by atomic mass is 10.0. The number of carbonyl (C=O) groups excluding carboxylic acids is 1. The van der Waals surface area contributed by atoms with E-state index in [2.05, 4.69) is 14.9 Å². The molecule has 0 saturated carbocycles. The van der Waals surface area contributed by atoms with Gasteiger partial charge in [0.05, 0.1) is 10.6 Å². The van der Waals surface area contributed by atoms with Crippen LogP contribution in [0.2, 0.25) is 0 Å². The van der Waals surface area contributed by atoms with Gasteiger partial charge in [0.25, 0.3) is 0 Å². The molecule has 0 spiro atoms. The highest BCUT2D eigenvalue weighted by molar-refractivity contribution is 7.17. The predicted molar refractivity (Wildman–Crippen MR) is 82.9 cm³/mol. The third kappa shape index (κ3) is 3.39. The first-order valence-electron chi connectivity index (χ1n) is 7.51. The maximum Gasteiger partial charge on any atom is 0.459 e. The second-order valence-corrected chi connectivity index (χ2v) is 6.77. The highest BCUT2D eigenvalue weighted by Crippen LogP contribution is 2.41. The zero-order valence-corrected chi connectivity index (χ0v) is 13.6. The zero-order valence-electron chi connectivity index (χ0n) is 12.8. The molecule has 25 heavy (non-hydrogen) atoms. The Kier molecular flexibility index (Phi) is 4.56. The molecule has 0 bridgehead atoms. The molecule has 136 valence electrons. The fourth-order valence-corrected chi connectivity index (χ4v) is 3.62. The van der Waals surface area contributed by atoms with Crippen molar-refractivity contribution in [2.75, 3.05) is 18.0 Å². The lowest BCUT2D eigenvalue weighted by molar-refractivity contribution is -0.249. The summed E-state index contributed by atoms with van der Waals surface area (Å²) < 4.78 is 64.7. The number of alkyl halides is 5. The standard InChI is InChI=1S/C15H13F5N2O2S/c16-14(17,15(18,19)20)12-10(13(23)24-21-12)8-9-4-5-11(25-9)22-6-2-1-3-7-22/h4-5,8H,1-3,6-7H2. The summed E-state index contributed by atoms with van der Waals surface area (Å²) >= 11 is 1.21. The Morgan fingerprint density at radius 1 is 1.12 bits per heavy atom. The number of piperidine rings is 1. The number of carbonyl (C=O) groups is 1. The van der Waals surface area contributed by atoms with Crippen molar-refractivity contribution >= 4 is 34.1 Å². The van der Waals surface area contributed by atoms with Crippen molar-refractivity contribution in [2.45, 2.75) is 31.4 Å². The lowest BCUT2D eigenvalue weighted by Gasteiger charge is -2.27. The van der Waals surface area contributed by atoms with E-state index in [9.17, 15) is 26.7 Å². The molecule has 2 aliphatic rings. The van der Waals surface area contributed by atoms with E-state index in [-0.39, 0.29) is 0 Å². The molecule has 0 unspecified atom stereocenters. The van der Waals surface area contributed by atoms with Gasteiger partial charge in [-0.25, -0.2) is 4.79 Å². The minimum atomic E-state index is -5.87. The summed E-state index contributed by atoms with van der Waals surface area (Å²) in [6, 6.07) is 3.32. The molecule has 0 radical (unpaired) electrons. The lowest BCUT2D eigenvalue weighted by Crippen LogP contribution is -2.44. The van der Waals surface area contributed by atoms with Gasteiger partial charge in [-0.2, -0.15) is 22.0 Å². The van der Waals surface area contributed by atoms with Crippen molar-refractivity contribution in [3.05, 3.63) is 22.6 Å². The Balaban J connectivity index is 1.88. The molecule has 0 aromatic carbocycles. The van der Waals surface area contributed by atoms with Gasteiger partial charge in [-0.15, -0.1) is 11.3 Å². The summed E-state index contributed by atoms with van der Waals surface area (Å²) in [4.78, 5) is 18.1. The molecule has 2 aliphatic heterocycles. The van der Waals surface area contributed by atoms with Gasteiger partial charge in [0.15, 0.2) is 5.71 Å². The fraction of sp³-hybridized carbons (Fsp3) is 0.467. The van der Waals surface area contributed by atoms with Crippen LogP contribution in [0.1, 0.15) is 24.1 Å². The smallest absolute Gasteiger partial charge is 0.363 e. The summed E-state index contributed by atoms with van der Waals surface area (Å²) in [5, 5.41) is 3.53. The van der Waals surface area contributed by atoms with Gasteiger partial charge in [0, 0.05) is 18.0 Å². The first kappa shape index (κ1) is 17.8. The van der Waals surface area contributed by atoms with E-state index in [0.29, 0.717) is 4.88 Å². The van der Waals surface area contributed by atoms with Crippen molar-refractivity contribution < 1.29 is 31.6 Å². The molecule has 0 N–H and O–H groups in total. The summed E-state index contributed by atoms with van der Waals surface area (Å²) in [5.74, 6) is -6.59. The van der Waals surface area contributed by atoms with Crippen LogP contribution in [0.4, 0.5) is 27.0 Å². The molecule has 3 heterocycles. The van der Waals surface area contributed by atoms with Gasteiger partial charge in [-0.3, -0.25) is 0 Å². The van der Waals surface area contributed by atoms with Crippen LogP contribution in [0.5, 0.6) is 0 Å². The van der Waals surface area contributed by atoms with Crippen molar-refractivity contribution in [1.29, 1.82) is 0 Å².